The first-order valence-electron chi connectivity index (χ1n) is 7.15. The summed E-state index contributed by atoms with van der Waals surface area (Å²) in [6.07, 6.45) is 0. The van der Waals surface area contributed by atoms with Crippen LogP contribution < -0.4 is 0 Å². The molecule has 0 aromatic heterocycles. The third-order valence-electron chi connectivity index (χ3n) is 3.97. The lowest BCUT2D eigenvalue weighted by molar-refractivity contribution is 0.395. The van der Waals surface area contributed by atoms with E-state index in [1.165, 1.54) is 17.4 Å². The van der Waals surface area contributed by atoms with Crippen molar-refractivity contribution in [1.29, 1.82) is 0 Å². The lowest BCUT2D eigenvalue weighted by Crippen LogP contribution is -2.30. The number of halogens is 2. The Morgan fingerprint density at radius 1 is 1.00 bits per heavy atom. The second-order valence-electron chi connectivity index (χ2n) is 5.64. The molecule has 0 aliphatic carbocycles. The standard InChI is InChI=1S/C17H19F2NO2S/c1-11-5-6-12(2)17(9-11)23(21,22)20(4)13(3)14-7-8-15(18)16(19)10-14/h5-10,13H,1-4H3. The number of rotatable bonds is 4. The molecule has 23 heavy (non-hydrogen) atoms. The van der Waals surface area contributed by atoms with Gasteiger partial charge in [-0.2, -0.15) is 4.31 Å². The number of hydrogen-bond donors (Lipinski definition) is 0. The average Bonchev–Trinajstić information content (AvgIpc) is 2.50. The summed E-state index contributed by atoms with van der Waals surface area (Å²) in [5.41, 5.74) is 1.86. The zero-order chi connectivity index (χ0) is 17.4. The van der Waals surface area contributed by atoms with E-state index in [0.29, 0.717) is 11.1 Å². The second kappa shape index (κ2) is 6.37. The highest BCUT2D eigenvalue weighted by molar-refractivity contribution is 7.89. The molecule has 0 spiro atoms. The quantitative estimate of drug-likeness (QED) is 0.845. The van der Waals surface area contributed by atoms with Gasteiger partial charge in [0.1, 0.15) is 0 Å². The van der Waals surface area contributed by atoms with Crippen molar-refractivity contribution in [2.45, 2.75) is 31.7 Å². The van der Waals surface area contributed by atoms with Crippen molar-refractivity contribution in [1.82, 2.24) is 4.31 Å². The Hall–Kier alpha value is -1.79. The van der Waals surface area contributed by atoms with E-state index in [1.807, 2.05) is 13.0 Å². The smallest absolute Gasteiger partial charge is 0.207 e. The summed E-state index contributed by atoms with van der Waals surface area (Å²) >= 11 is 0. The van der Waals surface area contributed by atoms with E-state index in [0.717, 1.165) is 17.7 Å². The van der Waals surface area contributed by atoms with E-state index in [9.17, 15) is 17.2 Å². The van der Waals surface area contributed by atoms with Crippen molar-refractivity contribution in [2.24, 2.45) is 0 Å². The second-order valence-corrected chi connectivity index (χ2v) is 7.61. The Kier molecular flexibility index (Phi) is 4.87. The van der Waals surface area contributed by atoms with Crippen LogP contribution in [0.1, 0.15) is 29.7 Å². The summed E-state index contributed by atoms with van der Waals surface area (Å²) in [4.78, 5) is 0.217. The first-order chi connectivity index (χ1) is 10.6. The molecule has 0 radical (unpaired) electrons. The first-order valence-corrected chi connectivity index (χ1v) is 8.59. The minimum Gasteiger partial charge on any atom is -0.207 e. The highest BCUT2D eigenvalue weighted by Gasteiger charge is 2.28. The third kappa shape index (κ3) is 3.43. The molecular weight excluding hydrogens is 320 g/mol. The zero-order valence-corrected chi connectivity index (χ0v) is 14.3. The molecule has 0 saturated carbocycles. The summed E-state index contributed by atoms with van der Waals surface area (Å²) in [7, 11) is -2.31. The van der Waals surface area contributed by atoms with Gasteiger partial charge in [-0.25, -0.2) is 17.2 Å². The fourth-order valence-electron chi connectivity index (χ4n) is 2.33. The van der Waals surface area contributed by atoms with Crippen LogP contribution in [0.25, 0.3) is 0 Å². The van der Waals surface area contributed by atoms with Crippen LogP contribution in [0.5, 0.6) is 0 Å². The molecule has 0 heterocycles. The molecule has 0 fully saturated rings. The van der Waals surface area contributed by atoms with Crippen LogP contribution in [0.4, 0.5) is 8.78 Å². The van der Waals surface area contributed by atoms with Crippen LogP contribution in [0.3, 0.4) is 0 Å². The molecule has 0 amide bonds. The highest BCUT2D eigenvalue weighted by Crippen LogP contribution is 2.28. The maximum absolute atomic E-state index is 13.4. The van der Waals surface area contributed by atoms with Crippen molar-refractivity contribution in [2.75, 3.05) is 7.05 Å². The molecule has 0 N–H and O–H groups in total. The predicted octanol–water partition coefficient (Wildman–Crippen LogP) is 3.96. The normalized spacial score (nSPS) is 13.3. The maximum Gasteiger partial charge on any atom is 0.243 e. The van der Waals surface area contributed by atoms with Crippen molar-refractivity contribution < 1.29 is 17.2 Å². The SMILES string of the molecule is Cc1ccc(C)c(S(=O)(=O)N(C)C(C)c2ccc(F)c(F)c2)c1. The third-order valence-corrected chi connectivity index (χ3v) is 6.04. The largest absolute Gasteiger partial charge is 0.243 e. The Morgan fingerprint density at radius 3 is 2.26 bits per heavy atom. The molecule has 2 aromatic carbocycles. The minimum absolute atomic E-state index is 0.217. The summed E-state index contributed by atoms with van der Waals surface area (Å²) in [6, 6.07) is 7.98. The monoisotopic (exact) mass is 339 g/mol. The minimum atomic E-state index is -3.75. The number of benzene rings is 2. The van der Waals surface area contributed by atoms with Gasteiger partial charge in [0.25, 0.3) is 0 Å². The van der Waals surface area contributed by atoms with Gasteiger partial charge in [-0.15, -0.1) is 0 Å². The number of nitrogens with zero attached hydrogens (tertiary/aromatic N) is 1. The van der Waals surface area contributed by atoms with E-state index >= 15 is 0 Å². The maximum atomic E-state index is 13.4. The summed E-state index contributed by atoms with van der Waals surface area (Å²) in [6.45, 7) is 5.18. The molecule has 3 nitrogen and oxygen atoms in total. The van der Waals surface area contributed by atoms with Gasteiger partial charge in [0.15, 0.2) is 11.6 Å². The van der Waals surface area contributed by atoms with E-state index < -0.39 is 27.7 Å². The average molecular weight is 339 g/mol. The number of hydrogen-bond acceptors (Lipinski definition) is 2. The Bertz CT molecular complexity index is 834. The molecule has 1 unspecified atom stereocenters. The predicted molar refractivity (Wildman–Crippen MR) is 85.6 cm³/mol. The van der Waals surface area contributed by atoms with Gasteiger partial charge in [0, 0.05) is 13.1 Å². The molecule has 0 aliphatic rings. The summed E-state index contributed by atoms with van der Waals surface area (Å²) in [5.74, 6) is -1.95. The van der Waals surface area contributed by atoms with Crippen LogP contribution >= 0.6 is 0 Å². The van der Waals surface area contributed by atoms with Crippen LogP contribution in [0.2, 0.25) is 0 Å². The lowest BCUT2D eigenvalue weighted by Gasteiger charge is -2.25. The van der Waals surface area contributed by atoms with Gasteiger partial charge in [0.2, 0.25) is 10.0 Å². The van der Waals surface area contributed by atoms with Gasteiger partial charge in [-0.3, -0.25) is 0 Å². The molecule has 2 aromatic rings. The Balaban J connectivity index is 2.43. The van der Waals surface area contributed by atoms with Gasteiger partial charge < -0.3 is 0 Å². The fourth-order valence-corrected chi connectivity index (χ4v) is 3.99. The van der Waals surface area contributed by atoms with Crippen LogP contribution in [-0.2, 0) is 10.0 Å². The van der Waals surface area contributed by atoms with Crippen molar-refractivity contribution in [3.63, 3.8) is 0 Å². The van der Waals surface area contributed by atoms with Gasteiger partial charge in [0.05, 0.1) is 4.90 Å². The van der Waals surface area contributed by atoms with E-state index in [4.69, 9.17) is 0 Å². The topological polar surface area (TPSA) is 37.4 Å². The summed E-state index contributed by atoms with van der Waals surface area (Å²) in [5, 5.41) is 0. The molecular formula is C17H19F2NO2S. The Morgan fingerprint density at radius 2 is 1.65 bits per heavy atom. The van der Waals surface area contributed by atoms with Crippen molar-refractivity contribution in [3.8, 4) is 0 Å². The van der Waals surface area contributed by atoms with Crippen molar-refractivity contribution in [3.05, 3.63) is 64.7 Å². The molecule has 0 bridgehead atoms. The number of aryl methyl sites for hydroxylation is 2. The highest BCUT2D eigenvalue weighted by atomic mass is 32.2. The van der Waals surface area contributed by atoms with Crippen LogP contribution in [-0.4, -0.2) is 19.8 Å². The zero-order valence-electron chi connectivity index (χ0n) is 13.5. The number of sulfonamides is 1. The Labute approximate surface area is 135 Å². The molecule has 1 atom stereocenters. The molecule has 6 heteroatoms. The fraction of sp³-hybridized carbons (Fsp3) is 0.294. The van der Waals surface area contributed by atoms with Gasteiger partial charge >= 0.3 is 0 Å². The lowest BCUT2D eigenvalue weighted by atomic mass is 10.1. The molecule has 0 saturated heterocycles. The van der Waals surface area contributed by atoms with Gasteiger partial charge in [-0.05, 0) is 55.7 Å². The molecule has 0 aliphatic heterocycles. The van der Waals surface area contributed by atoms with E-state index in [2.05, 4.69) is 0 Å². The molecule has 124 valence electrons. The van der Waals surface area contributed by atoms with Crippen molar-refractivity contribution >= 4 is 10.0 Å². The van der Waals surface area contributed by atoms with Crippen LogP contribution in [0, 0.1) is 25.5 Å². The van der Waals surface area contributed by atoms with Crippen LogP contribution in [0.15, 0.2) is 41.3 Å². The summed E-state index contributed by atoms with van der Waals surface area (Å²) < 4.78 is 53.3. The molecule has 2 rings (SSSR count). The first kappa shape index (κ1) is 17.6. The van der Waals surface area contributed by atoms with E-state index in [-0.39, 0.29) is 4.90 Å². The van der Waals surface area contributed by atoms with Gasteiger partial charge in [-0.1, -0.05) is 18.2 Å². The van der Waals surface area contributed by atoms with E-state index in [1.54, 1.807) is 26.0 Å².